The molecule has 3 nitrogen and oxygen atoms in total. The molecule has 2 rings (SSSR count). The van der Waals surface area contributed by atoms with Crippen LogP contribution in [0.15, 0.2) is 0 Å². The number of ether oxygens (including phenoxy) is 1. The minimum Gasteiger partial charge on any atom is -0.462 e. The van der Waals surface area contributed by atoms with E-state index >= 15 is 0 Å². The van der Waals surface area contributed by atoms with E-state index in [4.69, 9.17) is 10.1 Å². The molecule has 0 aromatic carbocycles. The first-order chi connectivity index (χ1) is 7.97. The van der Waals surface area contributed by atoms with Crippen molar-refractivity contribution >= 4 is 5.90 Å². The molecule has 2 aliphatic rings. The molecule has 0 amide bonds. The third kappa shape index (κ3) is 3.21. The Morgan fingerprint density at radius 1 is 1.18 bits per heavy atom. The van der Waals surface area contributed by atoms with Gasteiger partial charge in [0.1, 0.15) is 0 Å². The van der Waals surface area contributed by atoms with Crippen LogP contribution in [-0.2, 0) is 4.74 Å². The van der Waals surface area contributed by atoms with Gasteiger partial charge in [0.2, 0.25) is 0 Å². The predicted molar refractivity (Wildman–Crippen MR) is 70.1 cm³/mol. The van der Waals surface area contributed by atoms with Crippen LogP contribution >= 0.6 is 0 Å². The lowest BCUT2D eigenvalue weighted by Crippen LogP contribution is -2.48. The average Bonchev–Trinajstić information content (AvgIpc) is 2.27. The highest BCUT2D eigenvalue weighted by molar-refractivity contribution is 5.78. The van der Waals surface area contributed by atoms with Gasteiger partial charge in [-0.15, -0.1) is 0 Å². The van der Waals surface area contributed by atoms with Crippen LogP contribution in [0.1, 0.15) is 52.9 Å². The van der Waals surface area contributed by atoms with E-state index in [1.807, 2.05) is 20.8 Å². The summed E-state index contributed by atoms with van der Waals surface area (Å²) in [6.45, 7) is 7.16. The van der Waals surface area contributed by atoms with Crippen molar-refractivity contribution < 1.29 is 4.74 Å². The largest absolute Gasteiger partial charge is 0.462 e. The summed E-state index contributed by atoms with van der Waals surface area (Å²) in [4.78, 5) is 0. The standard InChI is InChI=1S/C14H26N2O/c1-14(2,3)13(15)17-12-8-10-6-4-5-7-11(10)9-16-12/h10-12,15-16H,4-9H2,1-3H3/t10?,11?,12-/m1/s1. The summed E-state index contributed by atoms with van der Waals surface area (Å²) in [5, 5.41) is 11.4. The fraction of sp³-hybridized carbons (Fsp3) is 0.929. The van der Waals surface area contributed by atoms with Crippen molar-refractivity contribution in [1.82, 2.24) is 5.32 Å². The zero-order valence-corrected chi connectivity index (χ0v) is 11.4. The van der Waals surface area contributed by atoms with Gasteiger partial charge in [0.25, 0.3) is 0 Å². The van der Waals surface area contributed by atoms with Gasteiger partial charge in [-0.2, -0.15) is 0 Å². The molecule has 2 unspecified atom stereocenters. The molecule has 1 heterocycles. The van der Waals surface area contributed by atoms with E-state index in [0.717, 1.165) is 24.8 Å². The maximum atomic E-state index is 7.95. The third-order valence-electron chi connectivity index (χ3n) is 4.13. The van der Waals surface area contributed by atoms with Crippen molar-refractivity contribution in [2.45, 2.75) is 59.1 Å². The van der Waals surface area contributed by atoms with E-state index in [9.17, 15) is 0 Å². The van der Waals surface area contributed by atoms with Crippen LogP contribution in [0, 0.1) is 22.7 Å². The summed E-state index contributed by atoms with van der Waals surface area (Å²) in [6, 6.07) is 0. The van der Waals surface area contributed by atoms with Crippen molar-refractivity contribution in [3.8, 4) is 0 Å². The van der Waals surface area contributed by atoms with Crippen molar-refractivity contribution in [1.29, 1.82) is 5.41 Å². The molecule has 0 aromatic heterocycles. The van der Waals surface area contributed by atoms with Gasteiger partial charge in [0.15, 0.2) is 12.1 Å². The Labute approximate surface area is 105 Å². The number of hydrogen-bond acceptors (Lipinski definition) is 3. The molecule has 0 bridgehead atoms. The van der Waals surface area contributed by atoms with Crippen molar-refractivity contribution in [2.24, 2.45) is 17.3 Å². The van der Waals surface area contributed by atoms with Crippen LogP contribution < -0.4 is 5.32 Å². The number of nitrogens with one attached hydrogen (secondary N) is 2. The van der Waals surface area contributed by atoms with E-state index in [2.05, 4.69) is 5.32 Å². The van der Waals surface area contributed by atoms with E-state index in [1.54, 1.807) is 0 Å². The van der Waals surface area contributed by atoms with E-state index < -0.39 is 0 Å². The monoisotopic (exact) mass is 238 g/mol. The zero-order chi connectivity index (χ0) is 12.5. The normalized spacial score (nSPS) is 33.9. The molecule has 98 valence electrons. The highest BCUT2D eigenvalue weighted by Crippen LogP contribution is 2.35. The summed E-state index contributed by atoms with van der Waals surface area (Å²) >= 11 is 0. The van der Waals surface area contributed by atoms with Crippen molar-refractivity contribution in [2.75, 3.05) is 6.54 Å². The molecule has 1 aliphatic carbocycles. The molecule has 3 heteroatoms. The first-order valence-electron chi connectivity index (χ1n) is 6.96. The van der Waals surface area contributed by atoms with Crippen molar-refractivity contribution in [3.63, 3.8) is 0 Å². The Bertz CT molecular complexity index is 282. The highest BCUT2D eigenvalue weighted by atomic mass is 16.5. The topological polar surface area (TPSA) is 45.1 Å². The lowest BCUT2D eigenvalue weighted by Gasteiger charge is -2.40. The Morgan fingerprint density at radius 3 is 2.47 bits per heavy atom. The molecule has 3 atom stereocenters. The average molecular weight is 238 g/mol. The van der Waals surface area contributed by atoms with Gasteiger partial charge in [-0.25, -0.2) is 0 Å². The fourth-order valence-electron chi connectivity index (χ4n) is 2.91. The first-order valence-corrected chi connectivity index (χ1v) is 6.96. The summed E-state index contributed by atoms with van der Waals surface area (Å²) in [6.07, 6.45) is 6.66. The second-order valence-corrected chi connectivity index (χ2v) is 6.63. The van der Waals surface area contributed by atoms with Crippen LogP contribution in [0.3, 0.4) is 0 Å². The quantitative estimate of drug-likeness (QED) is 0.544. The molecular weight excluding hydrogens is 212 g/mol. The van der Waals surface area contributed by atoms with Gasteiger partial charge in [-0.05, 0) is 24.7 Å². The van der Waals surface area contributed by atoms with E-state index in [1.165, 1.54) is 25.7 Å². The van der Waals surface area contributed by atoms with Crippen LogP contribution in [0.4, 0.5) is 0 Å². The minimum absolute atomic E-state index is 0.0704. The Hall–Kier alpha value is -0.570. The SMILES string of the molecule is CC(C)(C)C(=N)O[C@@H]1CC2CCCCC2CN1. The van der Waals surface area contributed by atoms with Crippen LogP contribution in [0.25, 0.3) is 0 Å². The van der Waals surface area contributed by atoms with Crippen LogP contribution in [0.2, 0.25) is 0 Å². The van der Waals surface area contributed by atoms with Crippen molar-refractivity contribution in [3.05, 3.63) is 0 Å². The lowest BCUT2D eigenvalue weighted by molar-refractivity contribution is 0.0361. The molecule has 0 spiro atoms. The number of fused-ring (bicyclic) bond motifs is 1. The molecule has 2 N–H and O–H groups in total. The number of piperidine rings is 1. The second-order valence-electron chi connectivity index (χ2n) is 6.63. The van der Waals surface area contributed by atoms with Gasteiger partial charge < -0.3 is 4.74 Å². The lowest BCUT2D eigenvalue weighted by atomic mass is 9.75. The van der Waals surface area contributed by atoms with Gasteiger partial charge in [0, 0.05) is 18.4 Å². The molecular formula is C14H26N2O. The maximum Gasteiger partial charge on any atom is 0.187 e. The highest BCUT2D eigenvalue weighted by Gasteiger charge is 2.34. The first kappa shape index (κ1) is 12.9. The Kier molecular flexibility index (Phi) is 3.76. The molecule has 1 saturated carbocycles. The summed E-state index contributed by atoms with van der Waals surface area (Å²) in [7, 11) is 0. The molecule has 17 heavy (non-hydrogen) atoms. The molecule has 1 aliphatic heterocycles. The predicted octanol–water partition coefficient (Wildman–Crippen LogP) is 3.15. The molecule has 0 radical (unpaired) electrons. The summed E-state index contributed by atoms with van der Waals surface area (Å²) in [5.74, 6) is 2.08. The Morgan fingerprint density at radius 2 is 1.82 bits per heavy atom. The second kappa shape index (κ2) is 4.97. The third-order valence-corrected chi connectivity index (χ3v) is 4.13. The molecule has 0 aromatic rings. The van der Waals surface area contributed by atoms with E-state index in [-0.39, 0.29) is 11.6 Å². The fourth-order valence-corrected chi connectivity index (χ4v) is 2.91. The summed E-state index contributed by atoms with van der Waals surface area (Å²) < 4.78 is 5.78. The minimum atomic E-state index is -0.176. The zero-order valence-electron chi connectivity index (χ0n) is 11.4. The van der Waals surface area contributed by atoms with Crippen LogP contribution in [0.5, 0.6) is 0 Å². The number of rotatable bonds is 1. The van der Waals surface area contributed by atoms with Gasteiger partial charge in [0.05, 0.1) is 0 Å². The maximum absolute atomic E-state index is 7.95. The van der Waals surface area contributed by atoms with Crippen LogP contribution in [-0.4, -0.2) is 18.7 Å². The van der Waals surface area contributed by atoms with Gasteiger partial charge >= 0.3 is 0 Å². The number of hydrogen-bond donors (Lipinski definition) is 2. The Balaban J connectivity index is 1.86. The van der Waals surface area contributed by atoms with Gasteiger partial charge in [-0.3, -0.25) is 10.7 Å². The van der Waals surface area contributed by atoms with Gasteiger partial charge in [-0.1, -0.05) is 33.6 Å². The molecule has 2 fully saturated rings. The molecule has 1 saturated heterocycles. The van der Waals surface area contributed by atoms with E-state index in [0.29, 0.717) is 5.90 Å². The summed E-state index contributed by atoms with van der Waals surface area (Å²) in [5.41, 5.74) is -0.176. The smallest absolute Gasteiger partial charge is 0.187 e.